The molecule has 2 aromatic heterocycles. The molecule has 2 rings (SSSR count). The van der Waals surface area contributed by atoms with Crippen LogP contribution >= 0.6 is 11.3 Å². The molecule has 0 amide bonds. The lowest BCUT2D eigenvalue weighted by atomic mass is 10.0. The molecule has 0 bridgehead atoms. The van der Waals surface area contributed by atoms with Crippen LogP contribution in [0, 0.1) is 0 Å². The van der Waals surface area contributed by atoms with Gasteiger partial charge in [-0.1, -0.05) is 19.9 Å². The van der Waals surface area contributed by atoms with E-state index < -0.39 is 0 Å². The van der Waals surface area contributed by atoms with Crippen LogP contribution in [0.15, 0.2) is 23.8 Å². The average Bonchev–Trinajstić information content (AvgIpc) is 2.96. The van der Waals surface area contributed by atoms with Gasteiger partial charge in [0.25, 0.3) is 0 Å². The summed E-state index contributed by atoms with van der Waals surface area (Å²) < 4.78 is 0. The third-order valence-corrected chi connectivity index (χ3v) is 4.25. The third kappa shape index (κ3) is 3.28. The Kier molecular flexibility index (Phi) is 4.95. The molecule has 2 aromatic rings. The standard InChI is InChI=1S/C15H22N4S/c1-11(2)13-14(16-3)17-10-18-15(13)19(4)8-7-12-6-5-9-20-12/h5-6,9-11H,7-8H2,1-4H3,(H,16,17,18). The van der Waals surface area contributed by atoms with Gasteiger partial charge < -0.3 is 10.2 Å². The molecule has 0 aliphatic heterocycles. The Bertz CT molecular complexity index is 537. The summed E-state index contributed by atoms with van der Waals surface area (Å²) in [5.41, 5.74) is 1.18. The van der Waals surface area contributed by atoms with Gasteiger partial charge in [0.15, 0.2) is 0 Å². The fourth-order valence-corrected chi connectivity index (χ4v) is 2.96. The topological polar surface area (TPSA) is 41.1 Å². The summed E-state index contributed by atoms with van der Waals surface area (Å²) in [6.07, 6.45) is 2.68. The summed E-state index contributed by atoms with van der Waals surface area (Å²) in [7, 11) is 4.00. The minimum absolute atomic E-state index is 0.387. The van der Waals surface area contributed by atoms with Crippen LogP contribution in [0.2, 0.25) is 0 Å². The molecular formula is C15H22N4S. The molecule has 20 heavy (non-hydrogen) atoms. The number of thiophene rings is 1. The van der Waals surface area contributed by atoms with E-state index in [1.54, 1.807) is 17.7 Å². The van der Waals surface area contributed by atoms with Gasteiger partial charge in [-0.25, -0.2) is 9.97 Å². The van der Waals surface area contributed by atoms with E-state index in [0.717, 1.165) is 24.6 Å². The molecule has 0 fully saturated rings. The van der Waals surface area contributed by atoms with E-state index in [0.29, 0.717) is 5.92 Å². The molecule has 2 heterocycles. The fraction of sp³-hybridized carbons (Fsp3) is 0.467. The first kappa shape index (κ1) is 14.8. The molecule has 0 atom stereocenters. The zero-order chi connectivity index (χ0) is 14.5. The molecule has 0 radical (unpaired) electrons. The highest BCUT2D eigenvalue weighted by Crippen LogP contribution is 2.30. The highest BCUT2D eigenvalue weighted by atomic mass is 32.1. The molecule has 0 aromatic carbocycles. The van der Waals surface area contributed by atoms with Gasteiger partial charge in [-0.15, -0.1) is 11.3 Å². The Morgan fingerprint density at radius 2 is 2.15 bits per heavy atom. The summed E-state index contributed by atoms with van der Waals surface area (Å²) >= 11 is 1.81. The van der Waals surface area contributed by atoms with Gasteiger partial charge in [0, 0.05) is 31.1 Å². The average molecular weight is 290 g/mol. The summed E-state index contributed by atoms with van der Waals surface area (Å²) in [5.74, 6) is 2.33. The Labute approximate surface area is 124 Å². The Morgan fingerprint density at radius 1 is 1.35 bits per heavy atom. The van der Waals surface area contributed by atoms with E-state index >= 15 is 0 Å². The molecule has 0 saturated heterocycles. The highest BCUT2D eigenvalue weighted by molar-refractivity contribution is 7.09. The Balaban J connectivity index is 2.18. The van der Waals surface area contributed by atoms with E-state index in [1.807, 2.05) is 7.05 Å². The van der Waals surface area contributed by atoms with Crippen molar-refractivity contribution < 1.29 is 0 Å². The van der Waals surface area contributed by atoms with Crippen molar-refractivity contribution in [1.29, 1.82) is 0 Å². The lowest BCUT2D eigenvalue weighted by Gasteiger charge is -2.23. The van der Waals surface area contributed by atoms with Gasteiger partial charge in [-0.05, 0) is 23.8 Å². The minimum atomic E-state index is 0.387. The van der Waals surface area contributed by atoms with Crippen molar-refractivity contribution in [3.63, 3.8) is 0 Å². The monoisotopic (exact) mass is 290 g/mol. The quantitative estimate of drug-likeness (QED) is 0.885. The number of likely N-dealkylation sites (N-methyl/N-ethyl adjacent to an activating group) is 1. The zero-order valence-corrected chi connectivity index (χ0v) is 13.4. The van der Waals surface area contributed by atoms with Crippen molar-refractivity contribution in [2.45, 2.75) is 26.2 Å². The van der Waals surface area contributed by atoms with Gasteiger partial charge in [-0.3, -0.25) is 0 Å². The summed E-state index contributed by atoms with van der Waals surface area (Å²) in [4.78, 5) is 12.4. The minimum Gasteiger partial charge on any atom is -0.373 e. The normalized spacial score (nSPS) is 10.8. The van der Waals surface area contributed by atoms with Gasteiger partial charge in [0.05, 0.1) is 0 Å². The van der Waals surface area contributed by atoms with Crippen LogP contribution in [-0.4, -0.2) is 30.6 Å². The first-order chi connectivity index (χ1) is 9.63. The van der Waals surface area contributed by atoms with Crippen LogP contribution in [0.1, 0.15) is 30.2 Å². The number of nitrogens with one attached hydrogen (secondary N) is 1. The SMILES string of the molecule is CNc1ncnc(N(C)CCc2cccs2)c1C(C)C. The van der Waals surface area contributed by atoms with E-state index in [4.69, 9.17) is 0 Å². The maximum absolute atomic E-state index is 4.49. The van der Waals surface area contributed by atoms with Crippen molar-refractivity contribution in [2.24, 2.45) is 0 Å². The molecule has 4 nitrogen and oxygen atoms in total. The van der Waals surface area contributed by atoms with Gasteiger partial charge in [-0.2, -0.15) is 0 Å². The van der Waals surface area contributed by atoms with Crippen molar-refractivity contribution in [3.05, 3.63) is 34.3 Å². The number of aromatic nitrogens is 2. The maximum Gasteiger partial charge on any atom is 0.137 e. The number of hydrogen-bond donors (Lipinski definition) is 1. The maximum atomic E-state index is 4.49. The van der Waals surface area contributed by atoms with Crippen LogP contribution in [-0.2, 0) is 6.42 Å². The van der Waals surface area contributed by atoms with Gasteiger partial charge >= 0.3 is 0 Å². The van der Waals surface area contributed by atoms with Crippen LogP contribution in [0.4, 0.5) is 11.6 Å². The molecular weight excluding hydrogens is 268 g/mol. The number of hydrogen-bond acceptors (Lipinski definition) is 5. The largest absolute Gasteiger partial charge is 0.373 e. The number of rotatable bonds is 6. The molecule has 0 aliphatic rings. The van der Waals surface area contributed by atoms with E-state index in [9.17, 15) is 0 Å². The lowest BCUT2D eigenvalue weighted by molar-refractivity contribution is 0.804. The zero-order valence-electron chi connectivity index (χ0n) is 12.6. The predicted molar refractivity (Wildman–Crippen MR) is 87.0 cm³/mol. The van der Waals surface area contributed by atoms with Gasteiger partial charge in [0.2, 0.25) is 0 Å². The number of nitrogens with zero attached hydrogens (tertiary/aromatic N) is 3. The third-order valence-electron chi connectivity index (χ3n) is 3.31. The molecule has 0 aliphatic carbocycles. The van der Waals surface area contributed by atoms with E-state index in [2.05, 4.69) is 58.6 Å². The lowest BCUT2D eigenvalue weighted by Crippen LogP contribution is -2.23. The van der Waals surface area contributed by atoms with Crippen molar-refractivity contribution in [3.8, 4) is 0 Å². The van der Waals surface area contributed by atoms with Crippen LogP contribution in [0.25, 0.3) is 0 Å². The molecule has 0 saturated carbocycles. The summed E-state index contributed by atoms with van der Waals surface area (Å²) in [6, 6.07) is 4.28. The van der Waals surface area contributed by atoms with Crippen LogP contribution in [0.3, 0.4) is 0 Å². The first-order valence-electron chi connectivity index (χ1n) is 6.89. The molecule has 0 unspecified atom stereocenters. The van der Waals surface area contributed by atoms with E-state index in [1.165, 1.54) is 10.4 Å². The highest BCUT2D eigenvalue weighted by Gasteiger charge is 2.17. The van der Waals surface area contributed by atoms with E-state index in [-0.39, 0.29) is 0 Å². The van der Waals surface area contributed by atoms with Crippen molar-refractivity contribution in [2.75, 3.05) is 30.9 Å². The van der Waals surface area contributed by atoms with Crippen LogP contribution in [0.5, 0.6) is 0 Å². The Morgan fingerprint density at radius 3 is 2.75 bits per heavy atom. The molecule has 5 heteroatoms. The van der Waals surface area contributed by atoms with Gasteiger partial charge in [0.1, 0.15) is 18.0 Å². The first-order valence-corrected chi connectivity index (χ1v) is 7.77. The molecule has 108 valence electrons. The molecule has 1 N–H and O–H groups in total. The second-order valence-electron chi connectivity index (χ2n) is 5.12. The smallest absolute Gasteiger partial charge is 0.137 e. The van der Waals surface area contributed by atoms with Crippen LogP contribution < -0.4 is 10.2 Å². The van der Waals surface area contributed by atoms with Crippen molar-refractivity contribution >= 4 is 23.0 Å². The second kappa shape index (κ2) is 6.70. The Hall–Kier alpha value is -1.62. The second-order valence-corrected chi connectivity index (χ2v) is 6.15. The summed E-state index contributed by atoms with van der Waals surface area (Å²) in [5, 5.41) is 5.29. The molecule has 0 spiro atoms. The van der Waals surface area contributed by atoms with Crippen molar-refractivity contribution in [1.82, 2.24) is 9.97 Å². The summed E-state index contributed by atoms with van der Waals surface area (Å²) in [6.45, 7) is 5.31. The fourth-order valence-electron chi connectivity index (χ4n) is 2.26. The predicted octanol–water partition coefficient (Wildman–Crippen LogP) is 3.38. The number of anilines is 2.